The SMILES string of the molecule is CCCCCCCCCCCC(=O)N/N=C\c1c(C)c(C)cc(C)c1C. The predicted octanol–water partition coefficient (Wildman–Crippen LogP) is 6.29. The zero-order chi connectivity index (χ0) is 19.4. The summed E-state index contributed by atoms with van der Waals surface area (Å²) >= 11 is 0. The van der Waals surface area contributed by atoms with Crippen molar-refractivity contribution in [3.63, 3.8) is 0 Å². The summed E-state index contributed by atoms with van der Waals surface area (Å²) in [5, 5.41) is 4.18. The first-order valence-corrected chi connectivity index (χ1v) is 10.4. The molecule has 1 N–H and O–H groups in total. The second kappa shape index (κ2) is 12.7. The lowest BCUT2D eigenvalue weighted by molar-refractivity contribution is -0.121. The Bertz CT molecular complexity index is 564. The van der Waals surface area contributed by atoms with Gasteiger partial charge in [0.15, 0.2) is 0 Å². The Morgan fingerprint density at radius 1 is 0.885 bits per heavy atom. The van der Waals surface area contributed by atoms with Gasteiger partial charge in [0, 0.05) is 12.0 Å². The summed E-state index contributed by atoms with van der Waals surface area (Å²) in [7, 11) is 0. The Hall–Kier alpha value is -1.64. The minimum Gasteiger partial charge on any atom is -0.273 e. The Kier molecular flexibility index (Phi) is 10.9. The zero-order valence-corrected chi connectivity index (χ0v) is 17.6. The molecule has 0 saturated carbocycles. The molecule has 0 aliphatic heterocycles. The molecule has 0 bridgehead atoms. The van der Waals surface area contributed by atoms with Gasteiger partial charge in [-0.3, -0.25) is 4.79 Å². The van der Waals surface area contributed by atoms with Crippen LogP contribution in [-0.2, 0) is 4.79 Å². The molecule has 0 aromatic heterocycles. The van der Waals surface area contributed by atoms with E-state index in [0.717, 1.165) is 18.4 Å². The molecule has 0 unspecified atom stereocenters. The third-order valence-corrected chi connectivity index (χ3v) is 5.31. The van der Waals surface area contributed by atoms with Gasteiger partial charge in [0.05, 0.1) is 6.21 Å². The summed E-state index contributed by atoms with van der Waals surface area (Å²) in [6.07, 6.45) is 13.7. The van der Waals surface area contributed by atoms with Gasteiger partial charge in [0.25, 0.3) is 0 Å². The van der Waals surface area contributed by atoms with Gasteiger partial charge in [0.2, 0.25) is 5.91 Å². The van der Waals surface area contributed by atoms with Crippen molar-refractivity contribution in [2.45, 2.75) is 98.8 Å². The number of hydrogen-bond acceptors (Lipinski definition) is 2. The summed E-state index contributed by atoms with van der Waals surface area (Å²) in [5.74, 6) is 0.0175. The van der Waals surface area contributed by atoms with Crippen molar-refractivity contribution < 1.29 is 4.79 Å². The monoisotopic (exact) mass is 358 g/mol. The van der Waals surface area contributed by atoms with Crippen LogP contribution in [0.4, 0.5) is 0 Å². The Balaban J connectivity index is 2.24. The Morgan fingerprint density at radius 2 is 1.38 bits per heavy atom. The van der Waals surface area contributed by atoms with Gasteiger partial charge in [-0.15, -0.1) is 0 Å². The van der Waals surface area contributed by atoms with Crippen LogP contribution in [0, 0.1) is 27.7 Å². The van der Waals surface area contributed by atoms with E-state index in [1.165, 1.54) is 67.2 Å². The second-order valence-electron chi connectivity index (χ2n) is 7.55. The van der Waals surface area contributed by atoms with Crippen LogP contribution >= 0.6 is 0 Å². The van der Waals surface area contributed by atoms with E-state index >= 15 is 0 Å². The number of carbonyl (C=O) groups is 1. The fraction of sp³-hybridized carbons (Fsp3) is 0.652. The molecular formula is C23H38N2O. The maximum atomic E-state index is 11.9. The average Bonchev–Trinajstić information content (AvgIpc) is 2.61. The normalized spacial score (nSPS) is 11.3. The first kappa shape index (κ1) is 22.4. The standard InChI is InChI=1S/C23H38N2O/c1-6-7-8-9-10-11-12-13-14-15-23(26)25-24-17-22-20(4)18(2)16-19(3)21(22)5/h16-17H,6-15H2,1-5H3,(H,25,26)/b24-17-. The first-order valence-electron chi connectivity index (χ1n) is 10.4. The highest BCUT2D eigenvalue weighted by Crippen LogP contribution is 2.19. The number of amides is 1. The van der Waals surface area contributed by atoms with Crippen molar-refractivity contribution in [3.8, 4) is 0 Å². The van der Waals surface area contributed by atoms with E-state index in [1.54, 1.807) is 6.21 Å². The van der Waals surface area contributed by atoms with Crippen molar-refractivity contribution in [1.82, 2.24) is 5.43 Å². The molecule has 0 radical (unpaired) electrons. The van der Waals surface area contributed by atoms with Crippen LogP contribution in [0.3, 0.4) is 0 Å². The summed E-state index contributed by atoms with van der Waals surface area (Å²) in [6, 6.07) is 2.20. The lowest BCUT2D eigenvalue weighted by Gasteiger charge is -2.11. The van der Waals surface area contributed by atoms with Crippen LogP contribution in [-0.4, -0.2) is 12.1 Å². The van der Waals surface area contributed by atoms with Crippen molar-refractivity contribution >= 4 is 12.1 Å². The van der Waals surface area contributed by atoms with Gasteiger partial charge in [-0.25, -0.2) is 5.43 Å². The molecule has 0 aliphatic rings. The van der Waals surface area contributed by atoms with Gasteiger partial charge in [0.1, 0.15) is 0 Å². The molecule has 0 fully saturated rings. The number of aryl methyl sites for hydroxylation is 2. The largest absolute Gasteiger partial charge is 0.273 e. The second-order valence-corrected chi connectivity index (χ2v) is 7.55. The van der Waals surface area contributed by atoms with Gasteiger partial charge >= 0.3 is 0 Å². The molecule has 146 valence electrons. The van der Waals surface area contributed by atoms with E-state index < -0.39 is 0 Å². The van der Waals surface area contributed by atoms with Gasteiger partial charge in [-0.1, -0.05) is 64.4 Å². The van der Waals surface area contributed by atoms with Crippen molar-refractivity contribution in [2.24, 2.45) is 5.10 Å². The van der Waals surface area contributed by atoms with E-state index in [-0.39, 0.29) is 5.91 Å². The number of rotatable bonds is 12. The summed E-state index contributed by atoms with van der Waals surface area (Å²) < 4.78 is 0. The lowest BCUT2D eigenvalue weighted by atomic mass is 9.95. The molecule has 1 aromatic rings. The summed E-state index contributed by atoms with van der Waals surface area (Å²) in [4.78, 5) is 11.9. The predicted molar refractivity (Wildman–Crippen MR) is 113 cm³/mol. The van der Waals surface area contributed by atoms with Gasteiger partial charge < -0.3 is 0 Å². The van der Waals surface area contributed by atoms with Gasteiger partial charge in [-0.2, -0.15) is 5.10 Å². The maximum absolute atomic E-state index is 11.9. The molecule has 0 atom stereocenters. The van der Waals surface area contributed by atoms with Crippen LogP contribution in [0.1, 0.15) is 98.9 Å². The zero-order valence-electron chi connectivity index (χ0n) is 17.6. The molecular weight excluding hydrogens is 320 g/mol. The summed E-state index contributed by atoms with van der Waals surface area (Å²) in [5.41, 5.74) is 8.77. The molecule has 1 amide bonds. The van der Waals surface area contributed by atoms with Crippen LogP contribution in [0.15, 0.2) is 11.2 Å². The quantitative estimate of drug-likeness (QED) is 0.266. The number of hydrazone groups is 1. The van der Waals surface area contributed by atoms with Crippen molar-refractivity contribution in [1.29, 1.82) is 0 Å². The molecule has 1 rings (SSSR count). The number of benzene rings is 1. The van der Waals surface area contributed by atoms with Crippen LogP contribution in [0.2, 0.25) is 0 Å². The highest BCUT2D eigenvalue weighted by Gasteiger charge is 2.06. The topological polar surface area (TPSA) is 41.5 Å². The van der Waals surface area contributed by atoms with Gasteiger partial charge in [-0.05, 0) is 56.4 Å². The molecule has 0 spiro atoms. The fourth-order valence-electron chi connectivity index (χ4n) is 3.26. The molecule has 3 nitrogen and oxygen atoms in total. The first-order chi connectivity index (χ1) is 12.5. The van der Waals surface area contributed by atoms with E-state index in [0.29, 0.717) is 6.42 Å². The molecule has 0 heterocycles. The highest BCUT2D eigenvalue weighted by atomic mass is 16.2. The molecule has 0 aliphatic carbocycles. The Morgan fingerprint density at radius 3 is 1.92 bits per heavy atom. The van der Waals surface area contributed by atoms with Crippen LogP contribution in [0.5, 0.6) is 0 Å². The minimum atomic E-state index is 0.0175. The van der Waals surface area contributed by atoms with Crippen molar-refractivity contribution in [3.05, 3.63) is 33.9 Å². The molecule has 3 heteroatoms. The number of hydrogen-bond donors (Lipinski definition) is 1. The van der Waals surface area contributed by atoms with E-state index in [4.69, 9.17) is 0 Å². The van der Waals surface area contributed by atoms with E-state index in [2.05, 4.69) is 51.2 Å². The fourth-order valence-corrected chi connectivity index (χ4v) is 3.26. The third-order valence-electron chi connectivity index (χ3n) is 5.31. The molecule has 1 aromatic carbocycles. The number of unbranched alkanes of at least 4 members (excludes halogenated alkanes) is 8. The molecule has 0 saturated heterocycles. The van der Waals surface area contributed by atoms with Crippen LogP contribution < -0.4 is 5.43 Å². The average molecular weight is 359 g/mol. The third kappa shape index (κ3) is 8.16. The van der Waals surface area contributed by atoms with E-state index in [9.17, 15) is 4.79 Å². The Labute approximate surface area is 160 Å². The van der Waals surface area contributed by atoms with Crippen molar-refractivity contribution in [2.75, 3.05) is 0 Å². The minimum absolute atomic E-state index is 0.0175. The van der Waals surface area contributed by atoms with E-state index in [1.807, 2.05) is 0 Å². The number of carbonyl (C=O) groups excluding carboxylic acids is 1. The van der Waals surface area contributed by atoms with Crippen LogP contribution in [0.25, 0.3) is 0 Å². The lowest BCUT2D eigenvalue weighted by Crippen LogP contribution is -2.17. The maximum Gasteiger partial charge on any atom is 0.240 e. The number of nitrogens with zero attached hydrogens (tertiary/aromatic N) is 1. The smallest absolute Gasteiger partial charge is 0.240 e. The molecule has 26 heavy (non-hydrogen) atoms. The summed E-state index contributed by atoms with van der Waals surface area (Å²) in [6.45, 7) is 10.7. The number of nitrogens with one attached hydrogen (secondary N) is 1. The highest BCUT2D eigenvalue weighted by molar-refractivity contribution is 5.86.